The van der Waals surface area contributed by atoms with Crippen molar-refractivity contribution >= 4 is 11.8 Å². The van der Waals surface area contributed by atoms with Crippen LogP contribution in [0.5, 0.6) is 5.75 Å². The van der Waals surface area contributed by atoms with Crippen LogP contribution in [0.3, 0.4) is 0 Å². The number of hydrogen-bond donors (Lipinski definition) is 2. The Bertz CT molecular complexity index is 389. The van der Waals surface area contributed by atoms with Gasteiger partial charge in [-0.2, -0.15) is 16.9 Å². The molecule has 2 rings (SSSR count). The summed E-state index contributed by atoms with van der Waals surface area (Å²) >= 11 is 1.97. The molecule has 1 aromatic heterocycles. The number of hydrogen-bond acceptors (Lipinski definition) is 6. The van der Waals surface area contributed by atoms with E-state index in [4.69, 9.17) is 10.6 Å². The molecule has 0 radical (unpaired) electrons. The number of nitrogens with zero attached hydrogens (tertiary/aromatic N) is 3. The molecular formula is C12H23N5OS. The molecule has 0 saturated carbocycles. The van der Waals surface area contributed by atoms with Crippen LogP contribution in [0.15, 0.2) is 6.20 Å². The zero-order valence-corrected chi connectivity index (χ0v) is 12.6. The fourth-order valence-electron chi connectivity index (χ4n) is 2.53. The lowest BCUT2D eigenvalue weighted by atomic mass is 10.0. The maximum Gasteiger partial charge on any atom is 0.161 e. The quantitative estimate of drug-likeness (QED) is 0.605. The first kappa shape index (κ1) is 14.6. The number of rotatable bonds is 5. The van der Waals surface area contributed by atoms with Gasteiger partial charge in [0, 0.05) is 30.6 Å². The van der Waals surface area contributed by atoms with Gasteiger partial charge in [-0.3, -0.25) is 15.4 Å². The molecular weight excluding hydrogens is 262 g/mol. The maximum atomic E-state index is 5.82. The van der Waals surface area contributed by atoms with Crippen molar-refractivity contribution in [3.8, 4) is 5.75 Å². The van der Waals surface area contributed by atoms with Gasteiger partial charge in [-0.1, -0.05) is 0 Å². The Morgan fingerprint density at radius 2 is 2.47 bits per heavy atom. The molecule has 1 aliphatic rings. The molecule has 1 aliphatic heterocycles. The first-order valence-electron chi connectivity index (χ1n) is 6.56. The van der Waals surface area contributed by atoms with Crippen LogP contribution in [0.1, 0.15) is 18.7 Å². The van der Waals surface area contributed by atoms with Gasteiger partial charge in [0.25, 0.3) is 0 Å². The van der Waals surface area contributed by atoms with E-state index < -0.39 is 0 Å². The van der Waals surface area contributed by atoms with Crippen LogP contribution in [-0.4, -0.2) is 52.9 Å². The van der Waals surface area contributed by atoms with Crippen LogP contribution in [0.4, 0.5) is 0 Å². The van der Waals surface area contributed by atoms with E-state index in [1.807, 2.05) is 16.4 Å². The first-order chi connectivity index (χ1) is 9.22. The largest absolute Gasteiger partial charge is 0.493 e. The summed E-state index contributed by atoms with van der Waals surface area (Å²) in [4.78, 5) is 2.35. The lowest BCUT2D eigenvalue weighted by Gasteiger charge is -2.37. The molecule has 3 N–H and O–H groups in total. The van der Waals surface area contributed by atoms with Gasteiger partial charge in [-0.05, 0) is 14.0 Å². The Balaban J connectivity index is 2.32. The SMILES string of the molecule is CCn1ncc(OC)c1C(NN)C1CSCCN1C. The summed E-state index contributed by atoms with van der Waals surface area (Å²) in [5.74, 6) is 8.86. The average Bonchev–Trinajstić information content (AvgIpc) is 2.85. The summed E-state index contributed by atoms with van der Waals surface area (Å²) in [5.41, 5.74) is 3.99. The molecule has 2 heterocycles. The van der Waals surface area contributed by atoms with Gasteiger partial charge in [0.15, 0.2) is 5.75 Å². The van der Waals surface area contributed by atoms with Crippen molar-refractivity contribution in [2.75, 3.05) is 32.2 Å². The Hall–Kier alpha value is -0.760. The van der Waals surface area contributed by atoms with Gasteiger partial charge in [0.1, 0.15) is 5.69 Å². The second kappa shape index (κ2) is 6.60. The van der Waals surface area contributed by atoms with Gasteiger partial charge < -0.3 is 4.74 Å². The molecule has 2 atom stereocenters. The highest BCUT2D eigenvalue weighted by molar-refractivity contribution is 7.99. The molecule has 2 unspecified atom stereocenters. The normalized spacial score (nSPS) is 22.4. The highest BCUT2D eigenvalue weighted by Crippen LogP contribution is 2.31. The van der Waals surface area contributed by atoms with E-state index in [-0.39, 0.29) is 6.04 Å². The van der Waals surface area contributed by atoms with Crippen LogP contribution in [0.25, 0.3) is 0 Å². The average molecular weight is 285 g/mol. The minimum absolute atomic E-state index is 0.0233. The molecule has 108 valence electrons. The summed E-state index contributed by atoms with van der Waals surface area (Å²) in [6.45, 7) is 3.96. The third-order valence-electron chi connectivity index (χ3n) is 3.67. The lowest BCUT2D eigenvalue weighted by molar-refractivity contribution is 0.207. The molecule has 19 heavy (non-hydrogen) atoms. The molecule has 0 aromatic carbocycles. The van der Waals surface area contributed by atoms with Crippen molar-refractivity contribution in [3.05, 3.63) is 11.9 Å². The third kappa shape index (κ3) is 2.89. The molecule has 0 spiro atoms. The van der Waals surface area contributed by atoms with Gasteiger partial charge in [0.05, 0.1) is 19.3 Å². The summed E-state index contributed by atoms with van der Waals surface area (Å²) < 4.78 is 7.39. The van der Waals surface area contributed by atoms with Crippen molar-refractivity contribution < 1.29 is 4.74 Å². The number of thioether (sulfide) groups is 1. The summed E-state index contributed by atoms with van der Waals surface area (Å²) in [6, 6.07) is 0.370. The molecule has 6 nitrogen and oxygen atoms in total. The number of ether oxygens (including phenoxy) is 1. The van der Waals surface area contributed by atoms with E-state index in [1.165, 1.54) is 5.75 Å². The fourth-order valence-corrected chi connectivity index (χ4v) is 3.80. The van der Waals surface area contributed by atoms with E-state index >= 15 is 0 Å². The monoisotopic (exact) mass is 285 g/mol. The van der Waals surface area contributed by atoms with Crippen LogP contribution in [0.2, 0.25) is 0 Å². The van der Waals surface area contributed by atoms with Crippen LogP contribution in [0, 0.1) is 0 Å². The topological polar surface area (TPSA) is 68.3 Å². The van der Waals surface area contributed by atoms with Crippen molar-refractivity contribution in [2.45, 2.75) is 25.6 Å². The predicted molar refractivity (Wildman–Crippen MR) is 78.3 cm³/mol. The third-order valence-corrected chi connectivity index (χ3v) is 4.71. The van der Waals surface area contributed by atoms with E-state index in [1.54, 1.807) is 13.3 Å². The van der Waals surface area contributed by atoms with Crippen molar-refractivity contribution in [1.82, 2.24) is 20.1 Å². The van der Waals surface area contributed by atoms with E-state index in [2.05, 4.69) is 29.4 Å². The second-order valence-corrected chi connectivity index (χ2v) is 5.83. The van der Waals surface area contributed by atoms with Crippen LogP contribution < -0.4 is 16.0 Å². The maximum absolute atomic E-state index is 5.82. The van der Waals surface area contributed by atoms with Crippen molar-refractivity contribution in [3.63, 3.8) is 0 Å². The molecule has 0 amide bonds. The Kier molecular flexibility index (Phi) is 5.09. The summed E-state index contributed by atoms with van der Waals surface area (Å²) in [7, 11) is 3.82. The molecule has 7 heteroatoms. The number of methoxy groups -OCH3 is 1. The van der Waals surface area contributed by atoms with Gasteiger partial charge >= 0.3 is 0 Å². The van der Waals surface area contributed by atoms with Crippen molar-refractivity contribution in [1.29, 1.82) is 0 Å². The predicted octanol–water partition coefficient (Wildman–Crippen LogP) is 0.463. The van der Waals surface area contributed by atoms with Crippen LogP contribution in [-0.2, 0) is 6.54 Å². The number of hydrazine groups is 1. The zero-order valence-electron chi connectivity index (χ0n) is 11.8. The number of nitrogens with two attached hydrogens (primary N) is 1. The minimum Gasteiger partial charge on any atom is -0.493 e. The number of likely N-dealkylation sites (N-methyl/N-ethyl adjacent to an activating group) is 1. The fraction of sp³-hybridized carbons (Fsp3) is 0.750. The Labute approximate surface area is 118 Å². The highest BCUT2D eigenvalue weighted by Gasteiger charge is 2.32. The van der Waals surface area contributed by atoms with Gasteiger partial charge in [0.2, 0.25) is 0 Å². The first-order valence-corrected chi connectivity index (χ1v) is 7.72. The van der Waals surface area contributed by atoms with E-state index in [9.17, 15) is 0 Å². The Morgan fingerprint density at radius 1 is 1.68 bits per heavy atom. The van der Waals surface area contributed by atoms with Crippen LogP contribution >= 0.6 is 11.8 Å². The number of nitrogens with one attached hydrogen (secondary N) is 1. The molecule has 1 aromatic rings. The standard InChI is InChI=1S/C12H23N5OS/c1-4-17-12(10(18-3)7-14-17)11(15-13)9-8-19-6-5-16(9)2/h7,9,11,15H,4-6,8,13H2,1-3H3. The highest BCUT2D eigenvalue weighted by atomic mass is 32.2. The van der Waals surface area contributed by atoms with E-state index in [0.717, 1.165) is 30.3 Å². The molecule has 0 aliphatic carbocycles. The number of aromatic nitrogens is 2. The minimum atomic E-state index is 0.0233. The summed E-state index contributed by atoms with van der Waals surface area (Å²) in [6.07, 6.45) is 1.76. The van der Waals surface area contributed by atoms with E-state index in [0.29, 0.717) is 6.04 Å². The second-order valence-electron chi connectivity index (χ2n) is 4.68. The Morgan fingerprint density at radius 3 is 3.05 bits per heavy atom. The number of aryl methyl sites for hydroxylation is 1. The molecule has 1 saturated heterocycles. The van der Waals surface area contributed by atoms with Crippen molar-refractivity contribution in [2.24, 2.45) is 5.84 Å². The van der Waals surface area contributed by atoms with Gasteiger partial charge in [-0.25, -0.2) is 5.43 Å². The zero-order chi connectivity index (χ0) is 13.8. The molecule has 1 fully saturated rings. The lowest BCUT2D eigenvalue weighted by Crippen LogP contribution is -2.50. The summed E-state index contributed by atoms with van der Waals surface area (Å²) in [5, 5.41) is 4.36. The van der Waals surface area contributed by atoms with Gasteiger partial charge in [-0.15, -0.1) is 0 Å². The smallest absolute Gasteiger partial charge is 0.161 e. The molecule has 0 bridgehead atoms.